The number of aliphatic carboxylic acids is 1. The Morgan fingerprint density at radius 1 is 1.55 bits per heavy atom. The average molecular weight is 336 g/mol. The maximum atomic E-state index is 12.0. The Morgan fingerprint density at radius 2 is 2.25 bits per heavy atom. The molecular formula is C12H14ClNO4S2. The van der Waals surface area contributed by atoms with Crippen LogP contribution in [0.1, 0.15) is 24.9 Å². The van der Waals surface area contributed by atoms with Crippen molar-refractivity contribution in [3.05, 3.63) is 28.8 Å². The zero-order valence-corrected chi connectivity index (χ0v) is 13.1. The van der Waals surface area contributed by atoms with Gasteiger partial charge in [-0.2, -0.15) is 0 Å². The van der Waals surface area contributed by atoms with E-state index in [0.717, 1.165) is 23.1 Å². The smallest absolute Gasteiger partial charge is 0.323 e. The van der Waals surface area contributed by atoms with Crippen LogP contribution in [0.4, 0.5) is 0 Å². The molecule has 0 radical (unpaired) electrons. The van der Waals surface area contributed by atoms with Gasteiger partial charge in [0.2, 0.25) is 10.0 Å². The van der Waals surface area contributed by atoms with Gasteiger partial charge in [0.1, 0.15) is 0 Å². The van der Waals surface area contributed by atoms with Gasteiger partial charge in [-0.05, 0) is 42.9 Å². The summed E-state index contributed by atoms with van der Waals surface area (Å²) in [5.41, 5.74) is 0.801. The van der Waals surface area contributed by atoms with Crippen LogP contribution in [-0.4, -0.2) is 30.5 Å². The van der Waals surface area contributed by atoms with Crippen molar-refractivity contribution in [2.75, 3.05) is 5.75 Å². The van der Waals surface area contributed by atoms with Gasteiger partial charge in [-0.15, -0.1) is 11.8 Å². The van der Waals surface area contributed by atoms with Crippen LogP contribution in [0.5, 0.6) is 0 Å². The van der Waals surface area contributed by atoms with Gasteiger partial charge in [-0.3, -0.25) is 4.79 Å². The fraction of sp³-hybridized carbons (Fsp3) is 0.417. The van der Waals surface area contributed by atoms with Gasteiger partial charge in [-0.25, -0.2) is 13.1 Å². The minimum absolute atomic E-state index is 0.434. The summed E-state index contributed by atoms with van der Waals surface area (Å²) in [4.78, 5) is 11.8. The van der Waals surface area contributed by atoms with Crippen molar-refractivity contribution in [1.82, 2.24) is 4.72 Å². The third kappa shape index (κ3) is 3.28. The van der Waals surface area contributed by atoms with E-state index in [4.69, 9.17) is 16.7 Å². The molecule has 2 rings (SSSR count). The predicted octanol–water partition coefficient (Wildman–Crippen LogP) is 2.27. The Hall–Kier alpha value is -0.760. The van der Waals surface area contributed by atoms with E-state index < -0.39 is 27.3 Å². The zero-order chi connectivity index (χ0) is 14.9. The molecule has 0 spiro atoms. The molecule has 8 heteroatoms. The fourth-order valence-corrected chi connectivity index (χ4v) is 4.32. The highest BCUT2D eigenvalue weighted by Crippen LogP contribution is 2.38. The van der Waals surface area contributed by atoms with Gasteiger partial charge >= 0.3 is 5.97 Å². The fourth-order valence-electron chi connectivity index (χ4n) is 1.92. The molecule has 5 nitrogen and oxygen atoms in total. The van der Waals surface area contributed by atoms with Crippen molar-refractivity contribution in [1.29, 1.82) is 0 Å². The molecule has 1 aliphatic rings. The van der Waals surface area contributed by atoms with Gasteiger partial charge in [-0.1, -0.05) is 11.6 Å². The number of carboxylic acid groups (broad SMARTS) is 1. The van der Waals surface area contributed by atoms with Gasteiger partial charge in [0, 0.05) is 16.0 Å². The highest BCUT2D eigenvalue weighted by atomic mass is 35.5. The number of nitrogens with one attached hydrogen (secondary N) is 1. The zero-order valence-electron chi connectivity index (χ0n) is 10.7. The minimum Gasteiger partial charge on any atom is -0.480 e. The van der Waals surface area contributed by atoms with Gasteiger partial charge in [0.25, 0.3) is 0 Å². The predicted molar refractivity (Wildman–Crippen MR) is 78.7 cm³/mol. The van der Waals surface area contributed by atoms with Crippen LogP contribution in [0.15, 0.2) is 23.1 Å². The molecule has 1 heterocycles. The molecule has 1 aromatic carbocycles. The second-order valence-electron chi connectivity index (χ2n) is 4.52. The number of hydrogen-bond acceptors (Lipinski definition) is 4. The number of sulfonamides is 1. The molecule has 0 aliphatic carbocycles. The van der Waals surface area contributed by atoms with Crippen LogP contribution in [0, 0.1) is 0 Å². The molecule has 0 saturated heterocycles. The second-order valence-corrected chi connectivity index (χ2v) is 8.12. The normalized spacial score (nSPS) is 20.2. The van der Waals surface area contributed by atoms with Crippen LogP contribution in [0.3, 0.4) is 0 Å². The summed E-state index contributed by atoms with van der Waals surface area (Å²) < 4.78 is 26.5. The SMILES string of the molecule is CC(C(=O)O)S(=O)(=O)NC1CCSc2ccc(Cl)cc21. The first-order chi connectivity index (χ1) is 9.31. The lowest BCUT2D eigenvalue weighted by Crippen LogP contribution is -2.40. The van der Waals surface area contributed by atoms with E-state index in [0.29, 0.717) is 11.4 Å². The summed E-state index contributed by atoms with van der Waals surface area (Å²) >= 11 is 7.58. The molecule has 0 fully saturated rings. The number of fused-ring (bicyclic) bond motifs is 1. The van der Waals surface area contributed by atoms with Crippen LogP contribution in [-0.2, 0) is 14.8 Å². The topological polar surface area (TPSA) is 83.5 Å². The van der Waals surface area contributed by atoms with Crippen molar-refractivity contribution < 1.29 is 18.3 Å². The molecule has 1 aromatic rings. The Balaban J connectivity index is 2.29. The van der Waals surface area contributed by atoms with E-state index in [1.54, 1.807) is 23.9 Å². The van der Waals surface area contributed by atoms with Crippen molar-refractivity contribution in [2.24, 2.45) is 0 Å². The molecule has 0 amide bonds. The van der Waals surface area contributed by atoms with Gasteiger partial charge in [0.15, 0.2) is 5.25 Å². The number of carbonyl (C=O) groups is 1. The van der Waals surface area contributed by atoms with Crippen LogP contribution in [0.2, 0.25) is 5.02 Å². The molecule has 110 valence electrons. The lowest BCUT2D eigenvalue weighted by atomic mass is 10.1. The van der Waals surface area contributed by atoms with Crippen molar-refractivity contribution in [2.45, 2.75) is 29.5 Å². The van der Waals surface area contributed by atoms with Crippen molar-refractivity contribution in [3.8, 4) is 0 Å². The molecular weight excluding hydrogens is 322 g/mol. The number of thioether (sulfide) groups is 1. The highest BCUT2D eigenvalue weighted by molar-refractivity contribution is 7.99. The van der Waals surface area contributed by atoms with Crippen molar-refractivity contribution >= 4 is 39.4 Å². The van der Waals surface area contributed by atoms with E-state index >= 15 is 0 Å². The molecule has 0 aromatic heterocycles. The van der Waals surface area contributed by atoms with Crippen LogP contribution in [0.25, 0.3) is 0 Å². The van der Waals surface area contributed by atoms with E-state index in [-0.39, 0.29) is 0 Å². The highest BCUT2D eigenvalue weighted by Gasteiger charge is 2.32. The maximum Gasteiger partial charge on any atom is 0.323 e. The van der Waals surface area contributed by atoms with Crippen LogP contribution >= 0.6 is 23.4 Å². The first-order valence-corrected chi connectivity index (χ1v) is 8.88. The van der Waals surface area contributed by atoms with E-state index in [1.165, 1.54) is 0 Å². The Kier molecular flexibility index (Phi) is 4.63. The molecule has 1 aliphatic heterocycles. The van der Waals surface area contributed by atoms with E-state index in [1.807, 2.05) is 6.07 Å². The Bertz CT molecular complexity index is 632. The summed E-state index contributed by atoms with van der Waals surface area (Å²) in [5, 5.41) is 7.89. The summed E-state index contributed by atoms with van der Waals surface area (Å²) in [6, 6.07) is 4.90. The third-order valence-corrected chi connectivity index (χ3v) is 6.23. The lowest BCUT2D eigenvalue weighted by molar-refractivity contribution is -0.136. The summed E-state index contributed by atoms with van der Waals surface area (Å²) in [7, 11) is -3.92. The molecule has 20 heavy (non-hydrogen) atoms. The Labute approximate surface area is 126 Å². The van der Waals surface area contributed by atoms with Crippen LogP contribution < -0.4 is 4.72 Å². The van der Waals surface area contributed by atoms with E-state index in [9.17, 15) is 13.2 Å². The number of halogens is 1. The summed E-state index contributed by atoms with van der Waals surface area (Å²) in [5.74, 6) is -0.600. The molecule has 2 unspecified atom stereocenters. The molecule has 2 N–H and O–H groups in total. The van der Waals surface area contributed by atoms with Gasteiger partial charge in [0.05, 0.1) is 0 Å². The third-order valence-electron chi connectivity index (χ3n) is 3.13. The number of carboxylic acids is 1. The quantitative estimate of drug-likeness (QED) is 0.881. The molecule has 0 bridgehead atoms. The minimum atomic E-state index is -3.92. The molecule has 2 atom stereocenters. The molecule has 0 saturated carbocycles. The first kappa shape index (κ1) is 15.6. The first-order valence-electron chi connectivity index (χ1n) is 5.97. The number of hydrogen-bond donors (Lipinski definition) is 2. The monoisotopic (exact) mass is 335 g/mol. The number of benzene rings is 1. The second kappa shape index (κ2) is 5.93. The number of rotatable bonds is 4. The lowest BCUT2D eigenvalue weighted by Gasteiger charge is -2.26. The largest absolute Gasteiger partial charge is 0.480 e. The summed E-state index contributed by atoms with van der Waals surface area (Å²) in [6.45, 7) is 1.15. The Morgan fingerprint density at radius 3 is 2.90 bits per heavy atom. The summed E-state index contributed by atoms with van der Waals surface area (Å²) in [6.07, 6.45) is 0.601. The maximum absolute atomic E-state index is 12.0. The van der Waals surface area contributed by atoms with Crippen molar-refractivity contribution in [3.63, 3.8) is 0 Å². The van der Waals surface area contributed by atoms with Gasteiger partial charge < -0.3 is 5.11 Å². The standard InChI is InChI=1S/C12H14ClNO4S2/c1-7(12(15)16)20(17,18)14-10-4-5-19-11-3-2-8(13)6-9(10)11/h2-3,6-7,10,14H,4-5H2,1H3,(H,15,16). The average Bonchev–Trinajstić information content (AvgIpc) is 2.38. The van der Waals surface area contributed by atoms with E-state index in [2.05, 4.69) is 4.72 Å².